The molecule has 2 fully saturated rings. The van der Waals surface area contributed by atoms with Crippen molar-refractivity contribution in [2.45, 2.75) is 31.7 Å². The molecular formula is C18H26N7O+. The average molecular weight is 356 g/mol. The second-order valence-electron chi connectivity index (χ2n) is 7.11. The number of carbonyl (C=O) groups excluding carboxylic acids is 1. The van der Waals surface area contributed by atoms with E-state index in [9.17, 15) is 4.79 Å². The number of hydrogen-bond acceptors (Lipinski definition) is 5. The SMILES string of the molecule is O=C(C[NH+]1CCN(c2ncccn2)CC1)Nc1ccnn1C1CCCC1. The van der Waals surface area contributed by atoms with Gasteiger partial charge >= 0.3 is 0 Å². The molecule has 3 heterocycles. The first-order valence-electron chi connectivity index (χ1n) is 9.48. The fourth-order valence-corrected chi connectivity index (χ4v) is 3.92. The van der Waals surface area contributed by atoms with E-state index in [1.54, 1.807) is 18.6 Å². The van der Waals surface area contributed by atoms with E-state index in [2.05, 4.69) is 25.3 Å². The summed E-state index contributed by atoms with van der Waals surface area (Å²) in [5, 5.41) is 7.48. The molecule has 1 aliphatic heterocycles. The zero-order valence-electron chi connectivity index (χ0n) is 15.0. The van der Waals surface area contributed by atoms with Crippen LogP contribution >= 0.6 is 0 Å². The van der Waals surface area contributed by atoms with Crippen LogP contribution in [0.15, 0.2) is 30.7 Å². The van der Waals surface area contributed by atoms with E-state index >= 15 is 0 Å². The lowest BCUT2D eigenvalue weighted by molar-refractivity contribution is -0.892. The number of quaternary nitrogens is 1. The highest BCUT2D eigenvalue weighted by Crippen LogP contribution is 2.31. The normalized spacial score (nSPS) is 19.0. The molecule has 1 amide bonds. The van der Waals surface area contributed by atoms with Gasteiger partial charge in [-0.25, -0.2) is 14.6 Å². The van der Waals surface area contributed by atoms with Crippen molar-refractivity contribution in [3.63, 3.8) is 0 Å². The third kappa shape index (κ3) is 3.85. The molecule has 2 aromatic heterocycles. The summed E-state index contributed by atoms with van der Waals surface area (Å²) in [6.45, 7) is 4.04. The largest absolute Gasteiger partial charge is 0.330 e. The highest BCUT2D eigenvalue weighted by molar-refractivity contribution is 5.90. The maximum absolute atomic E-state index is 12.5. The fourth-order valence-electron chi connectivity index (χ4n) is 3.92. The van der Waals surface area contributed by atoms with Gasteiger partial charge in [-0.15, -0.1) is 0 Å². The van der Waals surface area contributed by atoms with Crippen molar-refractivity contribution in [1.29, 1.82) is 0 Å². The third-order valence-corrected chi connectivity index (χ3v) is 5.32. The first-order valence-corrected chi connectivity index (χ1v) is 9.48. The first kappa shape index (κ1) is 17.0. The number of carbonyl (C=O) groups is 1. The smallest absolute Gasteiger partial charge is 0.280 e. The number of nitrogens with one attached hydrogen (secondary N) is 2. The highest BCUT2D eigenvalue weighted by Gasteiger charge is 2.25. The summed E-state index contributed by atoms with van der Waals surface area (Å²) >= 11 is 0. The van der Waals surface area contributed by atoms with Gasteiger partial charge < -0.3 is 15.1 Å². The summed E-state index contributed by atoms with van der Waals surface area (Å²) in [6, 6.07) is 4.16. The zero-order valence-corrected chi connectivity index (χ0v) is 15.0. The van der Waals surface area contributed by atoms with E-state index in [1.165, 1.54) is 17.7 Å². The van der Waals surface area contributed by atoms with E-state index in [1.807, 2.05) is 16.8 Å². The Morgan fingerprint density at radius 2 is 1.88 bits per heavy atom. The van der Waals surface area contributed by atoms with Crippen molar-refractivity contribution in [1.82, 2.24) is 19.7 Å². The van der Waals surface area contributed by atoms with Gasteiger partial charge in [0.25, 0.3) is 5.91 Å². The molecule has 1 aliphatic carbocycles. The Morgan fingerprint density at radius 1 is 1.15 bits per heavy atom. The third-order valence-electron chi connectivity index (χ3n) is 5.32. The fraction of sp³-hybridized carbons (Fsp3) is 0.556. The molecule has 2 N–H and O–H groups in total. The van der Waals surface area contributed by atoms with Crippen LogP contribution in [0.3, 0.4) is 0 Å². The number of piperazine rings is 1. The van der Waals surface area contributed by atoms with E-state index in [-0.39, 0.29) is 5.91 Å². The number of nitrogens with zero attached hydrogens (tertiary/aromatic N) is 5. The van der Waals surface area contributed by atoms with E-state index < -0.39 is 0 Å². The predicted octanol–water partition coefficient (Wildman–Crippen LogP) is 0.132. The number of hydrogen-bond donors (Lipinski definition) is 2. The van der Waals surface area contributed by atoms with Gasteiger partial charge in [0.2, 0.25) is 5.95 Å². The average Bonchev–Trinajstić information content (AvgIpc) is 3.34. The molecular weight excluding hydrogens is 330 g/mol. The molecule has 8 heteroatoms. The Balaban J connectivity index is 1.28. The van der Waals surface area contributed by atoms with Crippen molar-refractivity contribution in [3.8, 4) is 0 Å². The minimum atomic E-state index is 0.0594. The molecule has 0 bridgehead atoms. The van der Waals surface area contributed by atoms with Gasteiger partial charge in [-0.3, -0.25) is 4.79 Å². The predicted molar refractivity (Wildman–Crippen MR) is 98.2 cm³/mol. The topological polar surface area (TPSA) is 80.4 Å². The molecule has 0 aromatic carbocycles. The molecule has 2 aliphatic rings. The van der Waals surface area contributed by atoms with Crippen molar-refractivity contribution >= 4 is 17.7 Å². The molecule has 1 saturated heterocycles. The Morgan fingerprint density at radius 3 is 2.62 bits per heavy atom. The quantitative estimate of drug-likeness (QED) is 0.796. The maximum atomic E-state index is 12.5. The Kier molecular flexibility index (Phi) is 5.10. The van der Waals surface area contributed by atoms with Gasteiger partial charge in [0.15, 0.2) is 6.54 Å². The molecule has 1 saturated carbocycles. The van der Waals surface area contributed by atoms with Crippen LogP contribution in [0.1, 0.15) is 31.7 Å². The molecule has 138 valence electrons. The summed E-state index contributed by atoms with van der Waals surface area (Å²) < 4.78 is 1.99. The van der Waals surface area contributed by atoms with Crippen LogP contribution in [0, 0.1) is 0 Å². The summed E-state index contributed by atoms with van der Waals surface area (Å²) in [4.78, 5) is 24.6. The molecule has 0 spiro atoms. The van der Waals surface area contributed by atoms with Crippen LogP contribution < -0.4 is 15.1 Å². The first-order chi connectivity index (χ1) is 12.8. The lowest BCUT2D eigenvalue weighted by Crippen LogP contribution is -3.15. The molecule has 26 heavy (non-hydrogen) atoms. The van der Waals surface area contributed by atoms with E-state index in [4.69, 9.17) is 0 Å². The lowest BCUT2D eigenvalue weighted by Gasteiger charge is -2.31. The Hall–Kier alpha value is -2.48. The van der Waals surface area contributed by atoms with Crippen LogP contribution in [0.4, 0.5) is 11.8 Å². The number of amides is 1. The highest BCUT2D eigenvalue weighted by atomic mass is 16.2. The summed E-state index contributed by atoms with van der Waals surface area (Å²) in [6.07, 6.45) is 10.1. The van der Waals surface area contributed by atoms with Gasteiger partial charge in [0.05, 0.1) is 38.4 Å². The Labute approximate surface area is 153 Å². The summed E-state index contributed by atoms with van der Waals surface area (Å²) in [5.74, 6) is 1.67. The van der Waals surface area contributed by atoms with Crippen LogP contribution in [0.25, 0.3) is 0 Å². The van der Waals surface area contributed by atoms with Crippen molar-refractivity contribution in [2.75, 3.05) is 42.9 Å². The van der Waals surface area contributed by atoms with E-state index in [0.717, 1.165) is 50.8 Å². The Bertz CT molecular complexity index is 718. The number of anilines is 2. The monoisotopic (exact) mass is 356 g/mol. The second-order valence-corrected chi connectivity index (χ2v) is 7.11. The minimum Gasteiger partial charge on any atom is -0.330 e. The van der Waals surface area contributed by atoms with Gasteiger partial charge in [0.1, 0.15) is 5.82 Å². The molecule has 8 nitrogen and oxygen atoms in total. The molecule has 4 rings (SSSR count). The molecule has 0 unspecified atom stereocenters. The lowest BCUT2D eigenvalue weighted by atomic mass is 10.2. The van der Waals surface area contributed by atoms with Crippen LogP contribution in [0.5, 0.6) is 0 Å². The van der Waals surface area contributed by atoms with Crippen molar-refractivity contribution < 1.29 is 9.69 Å². The summed E-state index contributed by atoms with van der Waals surface area (Å²) in [7, 11) is 0. The standard InChI is InChI=1S/C18H25N7O/c26-17(22-16-6-9-21-25(16)15-4-1-2-5-15)14-23-10-12-24(13-11-23)18-19-7-3-8-20-18/h3,6-9,15H,1-2,4-5,10-14H2,(H,22,26)/p+1. The molecule has 0 atom stereocenters. The summed E-state index contributed by atoms with van der Waals surface area (Å²) in [5.41, 5.74) is 0. The number of aromatic nitrogens is 4. The van der Waals surface area contributed by atoms with E-state index in [0.29, 0.717) is 12.6 Å². The molecule has 2 aromatic rings. The minimum absolute atomic E-state index is 0.0594. The zero-order chi connectivity index (χ0) is 17.8. The van der Waals surface area contributed by atoms with Crippen molar-refractivity contribution in [3.05, 3.63) is 30.7 Å². The van der Waals surface area contributed by atoms with Crippen LogP contribution in [-0.4, -0.2) is 58.4 Å². The van der Waals surface area contributed by atoms with Crippen LogP contribution in [-0.2, 0) is 4.79 Å². The maximum Gasteiger partial charge on any atom is 0.280 e. The van der Waals surface area contributed by atoms with Crippen LogP contribution in [0.2, 0.25) is 0 Å². The van der Waals surface area contributed by atoms with Gasteiger partial charge in [-0.1, -0.05) is 12.8 Å². The molecule has 0 radical (unpaired) electrons. The van der Waals surface area contributed by atoms with Gasteiger partial charge in [0, 0.05) is 18.5 Å². The number of rotatable bonds is 5. The van der Waals surface area contributed by atoms with Gasteiger partial charge in [-0.05, 0) is 18.9 Å². The van der Waals surface area contributed by atoms with Gasteiger partial charge in [-0.2, -0.15) is 5.10 Å². The second kappa shape index (κ2) is 7.82. The van der Waals surface area contributed by atoms with Crippen molar-refractivity contribution in [2.24, 2.45) is 0 Å².